The number of hydrogen-bond acceptors (Lipinski definition) is 5. The van der Waals surface area contributed by atoms with Gasteiger partial charge in [0.05, 0.1) is 18.7 Å². The highest BCUT2D eigenvalue weighted by atomic mass is 35.5. The van der Waals surface area contributed by atoms with Gasteiger partial charge in [-0.25, -0.2) is 8.42 Å². The van der Waals surface area contributed by atoms with E-state index in [2.05, 4.69) is 0 Å². The molecule has 1 aliphatic heterocycles. The van der Waals surface area contributed by atoms with Crippen molar-refractivity contribution in [1.82, 2.24) is 4.31 Å². The number of hydrogen-bond donors (Lipinski definition) is 1. The fourth-order valence-corrected chi connectivity index (χ4v) is 4.17. The van der Waals surface area contributed by atoms with Crippen molar-refractivity contribution in [3.8, 4) is 11.8 Å². The van der Waals surface area contributed by atoms with Gasteiger partial charge >= 0.3 is 0 Å². The van der Waals surface area contributed by atoms with Crippen molar-refractivity contribution in [2.45, 2.75) is 18.2 Å². The van der Waals surface area contributed by atoms with Gasteiger partial charge in [-0.05, 0) is 36.6 Å². The zero-order valence-corrected chi connectivity index (χ0v) is 14.2. The van der Waals surface area contributed by atoms with Crippen LogP contribution in [0, 0.1) is 16.7 Å². The van der Waals surface area contributed by atoms with Crippen molar-refractivity contribution in [3.63, 3.8) is 0 Å². The number of sulfonamides is 1. The SMILES string of the molecule is COc1cc(C#N)ccc1S(=O)(=O)N1CCC(C)(CN)C1.Cl. The van der Waals surface area contributed by atoms with Crippen molar-refractivity contribution >= 4 is 22.4 Å². The number of nitrogens with two attached hydrogens (primary N) is 1. The fourth-order valence-electron chi connectivity index (χ4n) is 2.44. The van der Waals surface area contributed by atoms with E-state index in [-0.39, 0.29) is 28.5 Å². The Morgan fingerprint density at radius 1 is 1.50 bits per heavy atom. The van der Waals surface area contributed by atoms with E-state index in [4.69, 9.17) is 15.7 Å². The van der Waals surface area contributed by atoms with Gasteiger partial charge in [0, 0.05) is 13.1 Å². The maximum absolute atomic E-state index is 12.7. The Kier molecular flexibility index (Phi) is 5.82. The second-order valence-electron chi connectivity index (χ2n) is 5.58. The van der Waals surface area contributed by atoms with Crippen LogP contribution < -0.4 is 10.5 Å². The molecule has 1 heterocycles. The summed E-state index contributed by atoms with van der Waals surface area (Å²) in [5.41, 5.74) is 5.90. The number of benzene rings is 1. The predicted octanol–water partition coefficient (Wildman–Crippen LogP) is 1.35. The van der Waals surface area contributed by atoms with Crippen molar-refractivity contribution in [1.29, 1.82) is 5.26 Å². The van der Waals surface area contributed by atoms with Crippen LogP contribution in [0.5, 0.6) is 5.75 Å². The lowest BCUT2D eigenvalue weighted by Crippen LogP contribution is -2.34. The lowest BCUT2D eigenvalue weighted by molar-refractivity contribution is 0.348. The molecule has 0 aliphatic carbocycles. The van der Waals surface area contributed by atoms with Gasteiger partial charge in [-0.15, -0.1) is 12.4 Å². The molecule has 0 bridgehead atoms. The Labute approximate surface area is 137 Å². The molecule has 0 radical (unpaired) electrons. The summed E-state index contributed by atoms with van der Waals surface area (Å²) in [6, 6.07) is 6.30. The Morgan fingerprint density at radius 3 is 2.68 bits per heavy atom. The minimum atomic E-state index is -3.64. The summed E-state index contributed by atoms with van der Waals surface area (Å²) in [5.74, 6) is 0.190. The topological polar surface area (TPSA) is 96.4 Å². The third-order valence-corrected chi connectivity index (χ3v) is 5.81. The van der Waals surface area contributed by atoms with Gasteiger partial charge in [0.1, 0.15) is 10.6 Å². The molecule has 22 heavy (non-hydrogen) atoms. The maximum Gasteiger partial charge on any atom is 0.246 e. The van der Waals surface area contributed by atoms with E-state index < -0.39 is 10.0 Å². The molecule has 1 saturated heterocycles. The number of ether oxygens (including phenoxy) is 1. The zero-order valence-electron chi connectivity index (χ0n) is 12.6. The highest BCUT2D eigenvalue weighted by Crippen LogP contribution is 2.35. The minimum Gasteiger partial charge on any atom is -0.495 e. The van der Waals surface area contributed by atoms with Gasteiger partial charge in [0.15, 0.2) is 0 Å². The average Bonchev–Trinajstić information content (AvgIpc) is 2.90. The van der Waals surface area contributed by atoms with E-state index in [1.165, 1.54) is 29.6 Å². The summed E-state index contributed by atoms with van der Waals surface area (Å²) in [6.45, 7) is 3.27. The van der Waals surface area contributed by atoms with E-state index in [0.717, 1.165) is 6.42 Å². The number of rotatable bonds is 4. The molecule has 0 saturated carbocycles. The molecule has 6 nitrogen and oxygen atoms in total. The number of halogens is 1. The summed E-state index contributed by atoms with van der Waals surface area (Å²) in [6.07, 6.45) is 0.737. The van der Waals surface area contributed by atoms with E-state index in [9.17, 15) is 8.42 Å². The Morgan fingerprint density at radius 2 is 2.18 bits per heavy atom. The number of methoxy groups -OCH3 is 1. The Hall–Kier alpha value is -1.33. The zero-order chi connectivity index (χ0) is 15.7. The molecule has 1 aliphatic rings. The summed E-state index contributed by atoms with van der Waals surface area (Å²) in [5, 5.41) is 8.88. The van der Waals surface area contributed by atoms with Gasteiger partial charge < -0.3 is 10.5 Å². The Balaban J connectivity index is 0.00000242. The molecule has 0 spiro atoms. The highest BCUT2D eigenvalue weighted by molar-refractivity contribution is 7.89. The van der Waals surface area contributed by atoms with Gasteiger partial charge in [-0.2, -0.15) is 9.57 Å². The van der Waals surface area contributed by atoms with Crippen molar-refractivity contribution < 1.29 is 13.2 Å². The summed E-state index contributed by atoms with van der Waals surface area (Å²) in [7, 11) is -2.25. The smallest absolute Gasteiger partial charge is 0.246 e. The molecule has 1 fully saturated rings. The van der Waals surface area contributed by atoms with E-state index in [1.807, 2.05) is 13.0 Å². The van der Waals surface area contributed by atoms with Crippen LogP contribution >= 0.6 is 12.4 Å². The molecule has 1 atom stereocenters. The van der Waals surface area contributed by atoms with Crippen LogP contribution in [-0.4, -0.2) is 39.5 Å². The van der Waals surface area contributed by atoms with Crippen LogP contribution in [0.1, 0.15) is 18.9 Å². The largest absolute Gasteiger partial charge is 0.495 e. The number of nitrogens with zero attached hydrogens (tertiary/aromatic N) is 2. The van der Waals surface area contributed by atoms with E-state index >= 15 is 0 Å². The summed E-state index contributed by atoms with van der Waals surface area (Å²) in [4.78, 5) is 0.0882. The normalized spacial score (nSPS) is 21.9. The quantitative estimate of drug-likeness (QED) is 0.888. The Bertz CT molecular complexity index is 687. The van der Waals surface area contributed by atoms with Crippen molar-refractivity contribution in [2.75, 3.05) is 26.7 Å². The van der Waals surface area contributed by atoms with Crippen LogP contribution in [0.15, 0.2) is 23.1 Å². The third-order valence-electron chi connectivity index (χ3n) is 3.93. The van der Waals surface area contributed by atoms with Gasteiger partial charge in [-0.1, -0.05) is 6.92 Å². The van der Waals surface area contributed by atoms with Gasteiger partial charge in [-0.3, -0.25) is 0 Å². The first-order valence-corrected chi connectivity index (χ1v) is 8.09. The van der Waals surface area contributed by atoms with Crippen LogP contribution in [0.3, 0.4) is 0 Å². The predicted molar refractivity (Wildman–Crippen MR) is 85.5 cm³/mol. The van der Waals surface area contributed by atoms with E-state index in [1.54, 1.807) is 0 Å². The fraction of sp³-hybridized carbons (Fsp3) is 0.500. The van der Waals surface area contributed by atoms with Crippen molar-refractivity contribution in [3.05, 3.63) is 23.8 Å². The van der Waals surface area contributed by atoms with Crippen molar-refractivity contribution in [2.24, 2.45) is 11.1 Å². The first-order valence-electron chi connectivity index (χ1n) is 6.65. The highest BCUT2D eigenvalue weighted by Gasteiger charge is 2.39. The molecule has 0 aromatic heterocycles. The first kappa shape index (κ1) is 18.7. The van der Waals surface area contributed by atoms with E-state index in [0.29, 0.717) is 25.2 Å². The minimum absolute atomic E-state index is 0. The lowest BCUT2D eigenvalue weighted by atomic mass is 9.90. The van der Waals surface area contributed by atoms with Crippen LogP contribution in [0.2, 0.25) is 0 Å². The molecule has 1 aromatic rings. The molecular formula is C14H20ClN3O3S. The second-order valence-corrected chi connectivity index (χ2v) is 7.49. The maximum atomic E-state index is 12.7. The summed E-state index contributed by atoms with van der Waals surface area (Å²) < 4.78 is 32.0. The van der Waals surface area contributed by atoms with Crippen LogP contribution in [0.4, 0.5) is 0 Å². The average molecular weight is 346 g/mol. The standard InChI is InChI=1S/C14H19N3O3S.ClH/c1-14(9-16)5-6-17(10-14)21(18,19)13-4-3-11(8-15)7-12(13)20-2;/h3-4,7H,5-6,9-10,16H2,1-2H3;1H. The van der Waals surface area contributed by atoms with Crippen LogP contribution in [-0.2, 0) is 10.0 Å². The lowest BCUT2D eigenvalue weighted by Gasteiger charge is -2.23. The van der Waals surface area contributed by atoms with Crippen LogP contribution in [0.25, 0.3) is 0 Å². The molecule has 122 valence electrons. The monoisotopic (exact) mass is 345 g/mol. The summed E-state index contributed by atoms with van der Waals surface area (Å²) >= 11 is 0. The van der Waals surface area contributed by atoms with Gasteiger partial charge in [0.25, 0.3) is 0 Å². The molecular weight excluding hydrogens is 326 g/mol. The number of nitriles is 1. The molecule has 2 rings (SSSR count). The molecule has 8 heteroatoms. The molecule has 1 unspecified atom stereocenters. The molecule has 2 N–H and O–H groups in total. The molecule has 1 aromatic carbocycles. The first-order chi connectivity index (χ1) is 9.86. The third kappa shape index (κ3) is 3.36. The second kappa shape index (κ2) is 6.84. The molecule has 0 amide bonds. The van der Waals surface area contributed by atoms with Gasteiger partial charge in [0.2, 0.25) is 10.0 Å².